The van der Waals surface area contributed by atoms with E-state index in [2.05, 4.69) is 10.3 Å². The van der Waals surface area contributed by atoms with Gasteiger partial charge in [0.05, 0.1) is 16.3 Å². The van der Waals surface area contributed by atoms with Crippen LogP contribution in [0.15, 0.2) is 28.9 Å². The number of hydrogen-bond acceptors (Lipinski definition) is 3. The summed E-state index contributed by atoms with van der Waals surface area (Å²) in [5, 5.41) is 4.09. The molecule has 90 valence electrons. The normalized spacial score (nSPS) is 10.5. The van der Waals surface area contributed by atoms with E-state index in [4.69, 9.17) is 39.2 Å². The fourth-order valence-electron chi connectivity index (χ4n) is 1.33. The SMILES string of the molecule is Clc1cc(Cl)c(NCCc2ccco2)nc1Cl. The summed E-state index contributed by atoms with van der Waals surface area (Å²) < 4.78 is 5.20. The van der Waals surface area contributed by atoms with Crippen LogP contribution < -0.4 is 5.32 Å². The quantitative estimate of drug-likeness (QED) is 0.854. The molecule has 2 rings (SSSR count). The molecule has 3 nitrogen and oxygen atoms in total. The molecule has 0 atom stereocenters. The van der Waals surface area contributed by atoms with Crippen molar-refractivity contribution in [2.24, 2.45) is 0 Å². The molecule has 0 radical (unpaired) electrons. The van der Waals surface area contributed by atoms with Crippen LogP contribution in [-0.2, 0) is 6.42 Å². The second kappa shape index (κ2) is 5.63. The van der Waals surface area contributed by atoms with Gasteiger partial charge in [0.25, 0.3) is 0 Å². The van der Waals surface area contributed by atoms with E-state index in [1.807, 2.05) is 12.1 Å². The number of aromatic nitrogens is 1. The van der Waals surface area contributed by atoms with Crippen molar-refractivity contribution in [3.05, 3.63) is 45.4 Å². The Morgan fingerprint density at radius 2 is 2.06 bits per heavy atom. The number of furan rings is 1. The Labute approximate surface area is 114 Å². The van der Waals surface area contributed by atoms with E-state index in [-0.39, 0.29) is 5.15 Å². The lowest BCUT2D eigenvalue weighted by atomic mass is 10.3. The van der Waals surface area contributed by atoms with Crippen LogP contribution in [0.25, 0.3) is 0 Å². The summed E-state index contributed by atoms with van der Waals surface area (Å²) in [5.41, 5.74) is 0. The average molecular weight is 292 g/mol. The minimum atomic E-state index is 0.233. The number of halogens is 3. The third kappa shape index (κ3) is 3.28. The van der Waals surface area contributed by atoms with Gasteiger partial charge in [-0.15, -0.1) is 0 Å². The smallest absolute Gasteiger partial charge is 0.150 e. The van der Waals surface area contributed by atoms with Crippen molar-refractivity contribution in [3.8, 4) is 0 Å². The number of hydrogen-bond donors (Lipinski definition) is 1. The van der Waals surface area contributed by atoms with Gasteiger partial charge < -0.3 is 9.73 Å². The van der Waals surface area contributed by atoms with Gasteiger partial charge in [0.2, 0.25) is 0 Å². The van der Waals surface area contributed by atoms with E-state index in [0.29, 0.717) is 22.4 Å². The van der Waals surface area contributed by atoms with Gasteiger partial charge in [-0.3, -0.25) is 0 Å². The van der Waals surface area contributed by atoms with Crippen molar-refractivity contribution >= 4 is 40.6 Å². The molecule has 0 aromatic carbocycles. The fourth-order valence-corrected chi connectivity index (χ4v) is 1.89. The molecular weight excluding hydrogens is 282 g/mol. The van der Waals surface area contributed by atoms with Crippen molar-refractivity contribution < 1.29 is 4.42 Å². The molecule has 0 unspecified atom stereocenters. The number of nitrogens with one attached hydrogen (secondary N) is 1. The first-order valence-corrected chi connectivity index (χ1v) is 6.08. The van der Waals surface area contributed by atoms with Crippen LogP contribution >= 0.6 is 34.8 Å². The lowest BCUT2D eigenvalue weighted by molar-refractivity contribution is 0.513. The standard InChI is InChI=1S/C11H9Cl3N2O/c12-8-6-9(13)11(16-10(8)14)15-4-3-7-2-1-5-17-7/h1-2,5-6H,3-4H2,(H,15,16). The van der Waals surface area contributed by atoms with Gasteiger partial charge in [-0.25, -0.2) is 4.98 Å². The summed E-state index contributed by atoms with van der Waals surface area (Å²) in [6.45, 7) is 0.651. The van der Waals surface area contributed by atoms with Gasteiger partial charge in [0.1, 0.15) is 16.7 Å². The highest BCUT2D eigenvalue weighted by Gasteiger charge is 2.07. The topological polar surface area (TPSA) is 38.1 Å². The van der Waals surface area contributed by atoms with Crippen LogP contribution in [0.5, 0.6) is 0 Å². The van der Waals surface area contributed by atoms with E-state index in [9.17, 15) is 0 Å². The van der Waals surface area contributed by atoms with Crippen molar-refractivity contribution in [2.75, 3.05) is 11.9 Å². The first-order valence-electron chi connectivity index (χ1n) is 4.94. The lowest BCUT2D eigenvalue weighted by Crippen LogP contribution is -2.06. The summed E-state index contributed by atoms with van der Waals surface area (Å²) in [4.78, 5) is 4.05. The zero-order chi connectivity index (χ0) is 12.3. The highest BCUT2D eigenvalue weighted by Crippen LogP contribution is 2.28. The maximum Gasteiger partial charge on any atom is 0.150 e. The van der Waals surface area contributed by atoms with Crippen LogP contribution in [0, 0.1) is 0 Å². The molecule has 0 aliphatic heterocycles. The van der Waals surface area contributed by atoms with Gasteiger partial charge in [-0.1, -0.05) is 34.8 Å². The summed E-state index contributed by atoms with van der Waals surface area (Å²) >= 11 is 17.6. The first kappa shape index (κ1) is 12.6. The Morgan fingerprint density at radius 3 is 2.76 bits per heavy atom. The van der Waals surface area contributed by atoms with Crippen molar-refractivity contribution in [2.45, 2.75) is 6.42 Å². The molecule has 2 aromatic heterocycles. The minimum absolute atomic E-state index is 0.233. The van der Waals surface area contributed by atoms with E-state index < -0.39 is 0 Å². The second-order valence-electron chi connectivity index (χ2n) is 3.35. The maximum absolute atomic E-state index is 5.97. The molecule has 0 aliphatic carbocycles. The van der Waals surface area contributed by atoms with Crippen LogP contribution in [0.1, 0.15) is 5.76 Å². The summed E-state index contributed by atoms with van der Waals surface area (Å²) in [7, 11) is 0. The molecule has 0 fully saturated rings. The van der Waals surface area contributed by atoms with Gasteiger partial charge in [-0.2, -0.15) is 0 Å². The number of anilines is 1. The molecule has 0 aliphatic rings. The van der Waals surface area contributed by atoms with Gasteiger partial charge in [-0.05, 0) is 18.2 Å². The van der Waals surface area contributed by atoms with Crippen LogP contribution in [-0.4, -0.2) is 11.5 Å². The Bertz CT molecular complexity index is 500. The summed E-state index contributed by atoms with van der Waals surface area (Å²) in [5.74, 6) is 1.42. The van der Waals surface area contributed by atoms with Crippen molar-refractivity contribution in [1.29, 1.82) is 0 Å². The van der Waals surface area contributed by atoms with E-state index in [1.165, 1.54) is 0 Å². The molecule has 17 heavy (non-hydrogen) atoms. The van der Waals surface area contributed by atoms with Crippen LogP contribution in [0.3, 0.4) is 0 Å². The predicted octanol–water partition coefficient (Wildman–Crippen LogP) is 4.29. The highest BCUT2D eigenvalue weighted by molar-refractivity contribution is 6.42. The monoisotopic (exact) mass is 290 g/mol. The fraction of sp³-hybridized carbons (Fsp3) is 0.182. The third-order valence-corrected chi connectivity index (χ3v) is 3.09. The van der Waals surface area contributed by atoms with Crippen molar-refractivity contribution in [1.82, 2.24) is 4.98 Å². The zero-order valence-corrected chi connectivity index (χ0v) is 11.0. The summed E-state index contributed by atoms with van der Waals surface area (Å²) in [6.07, 6.45) is 2.38. The molecule has 1 N–H and O–H groups in total. The first-order chi connectivity index (χ1) is 8.16. The molecule has 0 spiro atoms. The minimum Gasteiger partial charge on any atom is -0.469 e. The zero-order valence-electron chi connectivity index (χ0n) is 8.71. The third-order valence-electron chi connectivity index (χ3n) is 2.13. The predicted molar refractivity (Wildman–Crippen MR) is 70.2 cm³/mol. The Morgan fingerprint density at radius 1 is 1.24 bits per heavy atom. The lowest BCUT2D eigenvalue weighted by Gasteiger charge is -2.07. The van der Waals surface area contributed by atoms with Crippen molar-refractivity contribution in [3.63, 3.8) is 0 Å². The van der Waals surface area contributed by atoms with Gasteiger partial charge in [0, 0.05) is 13.0 Å². The van der Waals surface area contributed by atoms with Gasteiger partial charge in [0.15, 0.2) is 0 Å². The van der Waals surface area contributed by atoms with Crippen LogP contribution in [0.2, 0.25) is 15.2 Å². The molecule has 2 aromatic rings. The summed E-state index contributed by atoms with van der Waals surface area (Å²) in [6, 6.07) is 5.32. The molecule has 6 heteroatoms. The number of nitrogens with zero attached hydrogens (tertiary/aromatic N) is 1. The second-order valence-corrected chi connectivity index (χ2v) is 4.52. The average Bonchev–Trinajstić information content (AvgIpc) is 2.78. The number of rotatable bonds is 4. The molecule has 2 heterocycles. The largest absolute Gasteiger partial charge is 0.469 e. The Hall–Kier alpha value is -0.900. The Balaban J connectivity index is 1.97. The van der Waals surface area contributed by atoms with Gasteiger partial charge >= 0.3 is 0 Å². The van der Waals surface area contributed by atoms with E-state index in [0.717, 1.165) is 12.2 Å². The molecule has 0 amide bonds. The Kier molecular flexibility index (Phi) is 4.15. The highest BCUT2D eigenvalue weighted by atomic mass is 35.5. The van der Waals surface area contributed by atoms with E-state index >= 15 is 0 Å². The molecular formula is C11H9Cl3N2O. The van der Waals surface area contributed by atoms with Crippen LogP contribution in [0.4, 0.5) is 5.82 Å². The van der Waals surface area contributed by atoms with E-state index in [1.54, 1.807) is 12.3 Å². The molecule has 0 saturated heterocycles. The number of pyridine rings is 1. The molecule has 0 saturated carbocycles. The maximum atomic E-state index is 5.97. The molecule has 0 bridgehead atoms.